The molecule has 98 valence electrons. The first-order valence-corrected chi connectivity index (χ1v) is 5.82. The molecule has 0 saturated carbocycles. The summed E-state index contributed by atoms with van der Waals surface area (Å²) in [6.07, 6.45) is 0.960. The number of esters is 1. The fourth-order valence-corrected chi connectivity index (χ4v) is 1.70. The molecule has 0 heterocycles. The van der Waals surface area contributed by atoms with Gasteiger partial charge in [-0.1, -0.05) is 18.2 Å². The van der Waals surface area contributed by atoms with E-state index in [2.05, 4.69) is 0 Å². The lowest BCUT2D eigenvalue weighted by molar-refractivity contribution is -0.143. The van der Waals surface area contributed by atoms with Gasteiger partial charge in [0.1, 0.15) is 5.84 Å². The number of hydroxylamine groups is 1. The molecule has 0 aliphatic carbocycles. The van der Waals surface area contributed by atoms with Crippen LogP contribution >= 0.6 is 0 Å². The average Bonchev–Trinajstić information content (AvgIpc) is 2.36. The first-order chi connectivity index (χ1) is 8.58. The van der Waals surface area contributed by atoms with E-state index in [1.165, 1.54) is 0 Å². The predicted molar refractivity (Wildman–Crippen MR) is 67.9 cm³/mol. The molecule has 0 radical (unpaired) electrons. The van der Waals surface area contributed by atoms with E-state index in [9.17, 15) is 4.79 Å². The second-order valence-corrected chi connectivity index (χ2v) is 3.94. The highest BCUT2D eigenvalue weighted by molar-refractivity contribution is 5.96. The van der Waals surface area contributed by atoms with Gasteiger partial charge in [0.25, 0.3) is 0 Å². The van der Waals surface area contributed by atoms with Crippen molar-refractivity contribution in [2.24, 2.45) is 0 Å². The lowest BCUT2D eigenvalue weighted by atomic mass is 10.0. The van der Waals surface area contributed by atoms with Crippen LogP contribution in [0.1, 0.15) is 30.0 Å². The van der Waals surface area contributed by atoms with Crippen LogP contribution in [0, 0.1) is 12.3 Å². The van der Waals surface area contributed by atoms with Gasteiger partial charge in [-0.2, -0.15) is 0 Å². The van der Waals surface area contributed by atoms with Crippen LogP contribution < -0.4 is 5.48 Å². The summed E-state index contributed by atoms with van der Waals surface area (Å²) in [5, 5.41) is 16.2. The van der Waals surface area contributed by atoms with E-state index in [4.69, 9.17) is 15.4 Å². The van der Waals surface area contributed by atoms with Gasteiger partial charge in [-0.15, -0.1) is 0 Å². The van der Waals surface area contributed by atoms with Crippen LogP contribution in [0.5, 0.6) is 0 Å². The minimum Gasteiger partial charge on any atom is -0.466 e. The smallest absolute Gasteiger partial charge is 0.306 e. The number of benzene rings is 1. The van der Waals surface area contributed by atoms with Crippen LogP contribution in [0.15, 0.2) is 18.2 Å². The zero-order valence-corrected chi connectivity index (χ0v) is 10.6. The molecule has 0 amide bonds. The third kappa shape index (κ3) is 3.85. The molecule has 0 bridgehead atoms. The molecule has 1 aromatic rings. The van der Waals surface area contributed by atoms with Gasteiger partial charge in [-0.05, 0) is 31.4 Å². The highest BCUT2D eigenvalue weighted by Crippen LogP contribution is 2.13. The van der Waals surface area contributed by atoms with Crippen molar-refractivity contribution < 1.29 is 14.7 Å². The van der Waals surface area contributed by atoms with Crippen molar-refractivity contribution in [3.05, 3.63) is 34.9 Å². The van der Waals surface area contributed by atoms with Gasteiger partial charge in [0, 0.05) is 12.0 Å². The molecule has 3 N–H and O–H groups in total. The molecular weight excluding hydrogens is 232 g/mol. The van der Waals surface area contributed by atoms with Crippen LogP contribution in [0.4, 0.5) is 0 Å². The van der Waals surface area contributed by atoms with E-state index < -0.39 is 0 Å². The normalized spacial score (nSPS) is 9.94. The molecule has 1 rings (SSSR count). The zero-order chi connectivity index (χ0) is 13.5. The molecule has 0 spiro atoms. The van der Waals surface area contributed by atoms with Gasteiger partial charge in [0.2, 0.25) is 0 Å². The summed E-state index contributed by atoms with van der Waals surface area (Å²) in [4.78, 5) is 11.2. The first kappa shape index (κ1) is 14.2. The number of carbonyl (C=O) groups is 1. The standard InChI is InChI=1S/C13H18N2O3/c1-3-18-12(16)7-5-10-4-6-11(9(2)8-10)13(14)15-17/h4,6,8,17H,3,5,7H2,1-2H3,(H2,14,15). The van der Waals surface area contributed by atoms with E-state index in [0.29, 0.717) is 25.0 Å². The Morgan fingerprint density at radius 1 is 1.50 bits per heavy atom. The van der Waals surface area contributed by atoms with E-state index in [1.54, 1.807) is 13.0 Å². The molecule has 0 fully saturated rings. The van der Waals surface area contributed by atoms with Crippen molar-refractivity contribution in [2.45, 2.75) is 26.7 Å². The zero-order valence-electron chi connectivity index (χ0n) is 10.6. The minimum absolute atomic E-state index is 0.0376. The van der Waals surface area contributed by atoms with Crippen LogP contribution in [0.3, 0.4) is 0 Å². The highest BCUT2D eigenvalue weighted by Gasteiger charge is 2.07. The number of ether oxygens (including phenoxy) is 1. The Morgan fingerprint density at radius 2 is 2.22 bits per heavy atom. The molecule has 0 aromatic heterocycles. The monoisotopic (exact) mass is 250 g/mol. The van der Waals surface area contributed by atoms with Gasteiger partial charge >= 0.3 is 5.97 Å². The molecule has 0 saturated heterocycles. The molecule has 0 aliphatic heterocycles. The van der Waals surface area contributed by atoms with Crippen LogP contribution in [-0.2, 0) is 16.0 Å². The Morgan fingerprint density at radius 3 is 2.78 bits per heavy atom. The summed E-state index contributed by atoms with van der Waals surface area (Å²) in [5.74, 6) is -0.242. The number of nitrogens with one attached hydrogen (secondary N) is 2. The quantitative estimate of drug-likeness (QED) is 0.322. The minimum atomic E-state index is -0.205. The number of aryl methyl sites for hydroxylation is 2. The largest absolute Gasteiger partial charge is 0.466 e. The van der Waals surface area contributed by atoms with Crippen molar-refractivity contribution in [2.75, 3.05) is 6.61 Å². The topological polar surface area (TPSA) is 82.4 Å². The number of hydrogen-bond donors (Lipinski definition) is 3. The number of carbonyl (C=O) groups excluding carboxylic acids is 1. The van der Waals surface area contributed by atoms with E-state index >= 15 is 0 Å². The lowest BCUT2D eigenvalue weighted by Crippen LogP contribution is -2.19. The summed E-state index contributed by atoms with van der Waals surface area (Å²) < 4.78 is 4.86. The van der Waals surface area contributed by atoms with Crippen LogP contribution in [-0.4, -0.2) is 23.6 Å². The second kappa shape index (κ2) is 6.76. The predicted octanol–water partition coefficient (Wildman–Crippen LogP) is 1.79. The molecule has 5 nitrogen and oxygen atoms in total. The number of amidine groups is 1. The van der Waals surface area contributed by atoms with Crippen molar-refractivity contribution in [3.8, 4) is 0 Å². The average molecular weight is 250 g/mol. The Hall–Kier alpha value is -1.88. The van der Waals surface area contributed by atoms with E-state index in [1.807, 2.05) is 24.5 Å². The summed E-state index contributed by atoms with van der Waals surface area (Å²) >= 11 is 0. The summed E-state index contributed by atoms with van der Waals surface area (Å²) in [6, 6.07) is 5.50. The van der Waals surface area contributed by atoms with E-state index in [0.717, 1.165) is 11.1 Å². The van der Waals surface area contributed by atoms with Crippen molar-refractivity contribution in [1.82, 2.24) is 5.48 Å². The Balaban J connectivity index is 2.67. The molecule has 0 atom stereocenters. The maximum atomic E-state index is 11.2. The van der Waals surface area contributed by atoms with Gasteiger partial charge in [0.05, 0.1) is 6.61 Å². The molecule has 5 heteroatoms. The molecule has 1 aromatic carbocycles. The fourth-order valence-electron chi connectivity index (χ4n) is 1.70. The third-order valence-corrected chi connectivity index (χ3v) is 2.60. The molecular formula is C13H18N2O3. The molecule has 0 aliphatic rings. The molecule has 18 heavy (non-hydrogen) atoms. The third-order valence-electron chi connectivity index (χ3n) is 2.60. The van der Waals surface area contributed by atoms with Gasteiger partial charge in [-0.25, -0.2) is 0 Å². The lowest BCUT2D eigenvalue weighted by Gasteiger charge is -2.08. The van der Waals surface area contributed by atoms with Crippen molar-refractivity contribution in [3.63, 3.8) is 0 Å². The SMILES string of the molecule is CCOC(=O)CCc1ccc(C(=N)NO)c(C)c1. The van der Waals surface area contributed by atoms with Gasteiger partial charge in [-0.3, -0.25) is 20.9 Å². The second-order valence-electron chi connectivity index (χ2n) is 3.94. The highest BCUT2D eigenvalue weighted by atomic mass is 16.5. The van der Waals surface area contributed by atoms with E-state index in [-0.39, 0.29) is 11.8 Å². The van der Waals surface area contributed by atoms with Crippen LogP contribution in [0.25, 0.3) is 0 Å². The number of hydrogen-bond acceptors (Lipinski definition) is 4. The van der Waals surface area contributed by atoms with Crippen LogP contribution in [0.2, 0.25) is 0 Å². The fraction of sp³-hybridized carbons (Fsp3) is 0.385. The Kier molecular flexibility index (Phi) is 5.32. The number of rotatable bonds is 5. The summed E-state index contributed by atoms with van der Waals surface area (Å²) in [7, 11) is 0. The van der Waals surface area contributed by atoms with Gasteiger partial charge < -0.3 is 4.74 Å². The summed E-state index contributed by atoms with van der Waals surface area (Å²) in [5.41, 5.74) is 4.34. The maximum absolute atomic E-state index is 11.2. The first-order valence-electron chi connectivity index (χ1n) is 5.82. The maximum Gasteiger partial charge on any atom is 0.306 e. The Bertz CT molecular complexity index is 444. The van der Waals surface area contributed by atoms with Crippen molar-refractivity contribution >= 4 is 11.8 Å². The van der Waals surface area contributed by atoms with Gasteiger partial charge in [0.15, 0.2) is 0 Å². The molecule has 0 unspecified atom stereocenters. The van der Waals surface area contributed by atoms with Crippen molar-refractivity contribution in [1.29, 1.82) is 5.41 Å². The summed E-state index contributed by atoms with van der Waals surface area (Å²) in [6.45, 7) is 4.04. The Labute approximate surface area is 106 Å².